The van der Waals surface area contributed by atoms with E-state index in [-0.39, 0.29) is 46.2 Å². The van der Waals surface area contributed by atoms with Crippen LogP contribution in [0, 0.1) is 0 Å². The van der Waals surface area contributed by atoms with Crippen LogP contribution in [0.5, 0.6) is 0 Å². The van der Waals surface area contributed by atoms with Gasteiger partial charge in [-0.25, -0.2) is 0 Å². The number of rotatable bonds is 19. The van der Waals surface area contributed by atoms with Gasteiger partial charge < -0.3 is 53.2 Å². The Hall–Kier alpha value is -4.34. The second kappa shape index (κ2) is 21.6. The zero-order valence-corrected chi connectivity index (χ0v) is 32.3. The molecule has 2 aliphatic heterocycles. The van der Waals surface area contributed by atoms with E-state index >= 15 is 0 Å². The van der Waals surface area contributed by atoms with Gasteiger partial charge in [0.05, 0.1) is 46.2 Å². The van der Waals surface area contributed by atoms with Crippen molar-refractivity contribution in [1.82, 2.24) is 0 Å². The van der Waals surface area contributed by atoms with Crippen molar-refractivity contribution < 1.29 is 53.2 Å². The first kappa shape index (κ1) is 41.8. The molecule has 5 aromatic carbocycles. The normalized spacial score (nSPS) is 27.3. The van der Waals surface area contributed by atoms with Crippen molar-refractivity contribution in [3.8, 4) is 0 Å². The summed E-state index contributed by atoms with van der Waals surface area (Å²) < 4.78 is 51.3. The summed E-state index contributed by atoms with van der Waals surface area (Å²) in [6.07, 6.45) is -11.5. The maximum Gasteiger partial charge on any atom is 0.187 e. The van der Waals surface area contributed by atoms with Crippen LogP contribution in [0.4, 0.5) is 0 Å². The maximum atomic E-state index is 11.7. The lowest BCUT2D eigenvalue weighted by atomic mass is 9.96. The zero-order chi connectivity index (χ0) is 39.9. The van der Waals surface area contributed by atoms with E-state index in [1.165, 1.54) is 0 Å². The largest absolute Gasteiger partial charge is 0.387 e. The zero-order valence-electron chi connectivity index (χ0n) is 32.3. The van der Waals surface area contributed by atoms with Crippen molar-refractivity contribution >= 4 is 0 Å². The molecule has 7 rings (SSSR count). The second-order valence-electron chi connectivity index (χ2n) is 14.5. The van der Waals surface area contributed by atoms with Gasteiger partial charge in [0.25, 0.3) is 0 Å². The van der Waals surface area contributed by atoms with Gasteiger partial charge in [0.15, 0.2) is 12.6 Å². The average Bonchev–Trinajstić information content (AvgIpc) is 3.26. The lowest BCUT2D eigenvalue weighted by molar-refractivity contribution is -0.369. The molecule has 0 saturated carbocycles. The fourth-order valence-electron chi connectivity index (χ4n) is 7.08. The third kappa shape index (κ3) is 11.7. The molecule has 0 unspecified atom stereocenters. The Kier molecular flexibility index (Phi) is 15.6. The number of hydrogen-bond donors (Lipinski definition) is 3. The van der Waals surface area contributed by atoms with E-state index in [0.717, 1.165) is 27.8 Å². The molecule has 58 heavy (non-hydrogen) atoms. The fraction of sp³-hybridized carbons (Fsp3) is 0.362. The van der Waals surface area contributed by atoms with Gasteiger partial charge in [-0.2, -0.15) is 0 Å². The topological polar surface area (TPSA) is 135 Å². The third-order valence-electron chi connectivity index (χ3n) is 10.2. The molecule has 0 amide bonds. The van der Waals surface area contributed by atoms with E-state index in [2.05, 4.69) is 0 Å². The predicted molar refractivity (Wildman–Crippen MR) is 214 cm³/mol. The minimum absolute atomic E-state index is 0.00424. The number of benzene rings is 5. The summed E-state index contributed by atoms with van der Waals surface area (Å²) in [6, 6.07) is 48.1. The first-order valence-corrected chi connectivity index (χ1v) is 19.7. The summed E-state index contributed by atoms with van der Waals surface area (Å²) in [6.45, 7) is 0.942. The molecule has 0 bridgehead atoms. The first-order chi connectivity index (χ1) is 28.5. The molecule has 11 nitrogen and oxygen atoms in total. The van der Waals surface area contributed by atoms with Gasteiger partial charge >= 0.3 is 0 Å². The van der Waals surface area contributed by atoms with Crippen LogP contribution in [-0.2, 0) is 70.9 Å². The number of aliphatic hydroxyl groups excluding tert-OH is 3. The third-order valence-corrected chi connectivity index (χ3v) is 10.2. The smallest absolute Gasteiger partial charge is 0.187 e. The highest BCUT2D eigenvalue weighted by Gasteiger charge is 2.53. The Balaban J connectivity index is 1.18. The van der Waals surface area contributed by atoms with Crippen LogP contribution in [0.1, 0.15) is 27.8 Å². The molecule has 11 heteroatoms. The van der Waals surface area contributed by atoms with E-state index < -0.39 is 61.4 Å². The molecule has 306 valence electrons. The van der Waals surface area contributed by atoms with Crippen molar-refractivity contribution in [2.24, 2.45) is 0 Å². The van der Waals surface area contributed by atoms with E-state index in [1.807, 2.05) is 152 Å². The first-order valence-electron chi connectivity index (χ1n) is 19.7. The highest BCUT2D eigenvalue weighted by atomic mass is 16.7. The van der Waals surface area contributed by atoms with Crippen LogP contribution >= 0.6 is 0 Å². The molecule has 0 aliphatic carbocycles. The molecule has 2 saturated heterocycles. The van der Waals surface area contributed by atoms with E-state index in [0.29, 0.717) is 0 Å². The molecule has 2 aliphatic rings. The summed E-state index contributed by atoms with van der Waals surface area (Å²) in [4.78, 5) is 0. The van der Waals surface area contributed by atoms with Gasteiger partial charge in [0.2, 0.25) is 0 Å². The number of aliphatic hydroxyl groups is 3. The van der Waals surface area contributed by atoms with Crippen molar-refractivity contribution in [3.05, 3.63) is 179 Å². The minimum Gasteiger partial charge on any atom is -0.387 e. The second-order valence-corrected chi connectivity index (χ2v) is 14.5. The Morgan fingerprint density at radius 2 is 0.759 bits per heavy atom. The Labute approximate surface area is 339 Å². The van der Waals surface area contributed by atoms with Gasteiger partial charge in [0.1, 0.15) is 48.8 Å². The summed E-state index contributed by atoms with van der Waals surface area (Å²) in [5.74, 6) is 0. The highest BCUT2D eigenvalue weighted by Crippen LogP contribution is 2.34. The van der Waals surface area contributed by atoms with Gasteiger partial charge in [-0.3, -0.25) is 0 Å². The van der Waals surface area contributed by atoms with Gasteiger partial charge in [0, 0.05) is 0 Å². The van der Waals surface area contributed by atoms with Crippen LogP contribution in [0.2, 0.25) is 0 Å². The summed E-state index contributed by atoms with van der Waals surface area (Å²) in [5, 5.41) is 34.7. The van der Waals surface area contributed by atoms with E-state index in [4.69, 9.17) is 37.9 Å². The lowest BCUT2D eigenvalue weighted by Crippen LogP contribution is -2.65. The van der Waals surface area contributed by atoms with Crippen LogP contribution in [0.15, 0.2) is 152 Å². The molecule has 0 radical (unpaired) electrons. The molecule has 3 N–H and O–H groups in total. The fourth-order valence-corrected chi connectivity index (χ4v) is 7.08. The van der Waals surface area contributed by atoms with Crippen LogP contribution in [0.3, 0.4) is 0 Å². The summed E-state index contributed by atoms with van der Waals surface area (Å²) in [7, 11) is 0. The van der Waals surface area contributed by atoms with Crippen LogP contribution < -0.4 is 0 Å². The Morgan fingerprint density at radius 1 is 0.379 bits per heavy atom. The highest BCUT2D eigenvalue weighted by molar-refractivity contribution is 5.17. The number of hydrogen-bond acceptors (Lipinski definition) is 11. The van der Waals surface area contributed by atoms with Gasteiger partial charge in [-0.15, -0.1) is 0 Å². The van der Waals surface area contributed by atoms with Crippen molar-refractivity contribution in [2.45, 2.75) is 94.4 Å². The summed E-state index contributed by atoms with van der Waals surface area (Å²) in [5.41, 5.74) is 4.54. The molecule has 0 spiro atoms. The Morgan fingerprint density at radius 3 is 1.21 bits per heavy atom. The SMILES string of the molecule is O[C@@H]1[C@H](O)[C@H](COCc2ccccc2)O[C@H](O[C@@H]2[C@@H](OCc3ccccc3)[C@H](OCc3ccccc3)[C@@H](O)O[C@H]2COCc2ccccc2)[C@H]1OCc1ccccc1. The maximum absolute atomic E-state index is 11.7. The standard InChI is InChI=1S/C47H52O11/c48-40-38(31-51-26-33-16-6-1-7-17-33)57-47(43(41(40)49)53-28-35-20-10-3-11-21-35)58-42-39(32-52-27-34-18-8-2-9-19-34)56-46(50)45(55-30-37-24-14-5-15-25-37)44(42)54-29-36-22-12-4-13-23-36/h1-25,38-50H,26-32H2/t38-,39-,40+,41+,42-,43-,44+,45-,46-,47+/m0/s1. The average molecular weight is 793 g/mol. The van der Waals surface area contributed by atoms with Crippen LogP contribution in [-0.4, -0.2) is 89.9 Å². The molecule has 2 heterocycles. The van der Waals surface area contributed by atoms with Crippen molar-refractivity contribution in [1.29, 1.82) is 0 Å². The van der Waals surface area contributed by atoms with E-state index in [9.17, 15) is 15.3 Å². The Bertz CT molecular complexity index is 1870. The quantitative estimate of drug-likeness (QED) is 0.0948. The minimum atomic E-state index is -1.43. The molecule has 5 aromatic rings. The van der Waals surface area contributed by atoms with Crippen molar-refractivity contribution in [3.63, 3.8) is 0 Å². The molecular weight excluding hydrogens is 741 g/mol. The van der Waals surface area contributed by atoms with Crippen LogP contribution in [0.25, 0.3) is 0 Å². The van der Waals surface area contributed by atoms with E-state index in [1.54, 1.807) is 0 Å². The predicted octanol–water partition coefficient (Wildman–Crippen LogP) is 5.73. The molecule has 2 fully saturated rings. The monoisotopic (exact) mass is 792 g/mol. The molecule has 10 atom stereocenters. The van der Waals surface area contributed by atoms with Crippen molar-refractivity contribution in [2.75, 3.05) is 13.2 Å². The summed E-state index contributed by atoms with van der Waals surface area (Å²) >= 11 is 0. The molecular formula is C47H52O11. The van der Waals surface area contributed by atoms with Gasteiger partial charge in [-0.1, -0.05) is 152 Å². The van der Waals surface area contributed by atoms with Gasteiger partial charge in [-0.05, 0) is 27.8 Å². The lowest BCUT2D eigenvalue weighted by Gasteiger charge is -2.48. The number of ether oxygens (including phenoxy) is 8. The molecule has 0 aromatic heterocycles.